The number of hydrogen-bond acceptors (Lipinski definition) is 5. The number of rotatable bonds is 7. The number of hydrogen-bond donors (Lipinski definition) is 2. The first-order valence-electron chi connectivity index (χ1n) is 11.8. The largest absolute Gasteiger partial charge is 0.393 e. The molecular weight excluding hydrogens is 404 g/mol. The van der Waals surface area contributed by atoms with Crippen molar-refractivity contribution in [3.63, 3.8) is 0 Å². The van der Waals surface area contributed by atoms with Crippen LogP contribution in [0.25, 0.3) is 0 Å². The van der Waals surface area contributed by atoms with Gasteiger partial charge >= 0.3 is 0 Å². The smallest absolute Gasteiger partial charge is 0.102 e. The summed E-state index contributed by atoms with van der Waals surface area (Å²) in [5.74, 6) is 0.238. The molecule has 2 aromatic rings. The Labute approximate surface area is 190 Å². The molecule has 172 valence electrons. The van der Waals surface area contributed by atoms with Crippen LogP contribution in [0.5, 0.6) is 0 Å². The van der Waals surface area contributed by atoms with Crippen LogP contribution in [0.2, 0.25) is 0 Å². The van der Waals surface area contributed by atoms with Gasteiger partial charge in [-0.15, -0.1) is 0 Å². The van der Waals surface area contributed by atoms with Gasteiger partial charge < -0.3 is 24.4 Å². The van der Waals surface area contributed by atoms with E-state index in [4.69, 9.17) is 14.2 Å². The third-order valence-electron chi connectivity index (χ3n) is 7.89. The topological polar surface area (TPSA) is 68.2 Å². The summed E-state index contributed by atoms with van der Waals surface area (Å²) in [6, 6.07) is 20.3. The van der Waals surface area contributed by atoms with E-state index < -0.39 is 17.8 Å². The average Bonchev–Trinajstić information content (AvgIpc) is 2.94. The van der Waals surface area contributed by atoms with E-state index in [1.165, 1.54) is 0 Å². The molecule has 9 atom stereocenters. The van der Waals surface area contributed by atoms with Crippen molar-refractivity contribution in [2.75, 3.05) is 0 Å². The molecule has 4 bridgehead atoms. The van der Waals surface area contributed by atoms with E-state index in [2.05, 4.69) is 31.2 Å². The Morgan fingerprint density at radius 1 is 0.969 bits per heavy atom. The SMILES string of the molecule is C[C@H]1[C@@H](OCc2ccccc2)[C@H]2O[C@@]3([C@H](C)O)C[C@@H](O)C[C@@H]2[C@H]3[C@@H]1OCc1ccccc1. The molecule has 0 aromatic heterocycles. The number of aliphatic hydroxyl groups excluding tert-OH is 2. The second-order valence-electron chi connectivity index (χ2n) is 9.88. The molecule has 2 aromatic carbocycles. The van der Waals surface area contributed by atoms with Crippen molar-refractivity contribution in [3.8, 4) is 0 Å². The predicted octanol–water partition coefficient (Wildman–Crippen LogP) is 3.71. The van der Waals surface area contributed by atoms with Gasteiger partial charge in [0, 0.05) is 18.3 Å². The molecule has 0 radical (unpaired) electrons. The van der Waals surface area contributed by atoms with Crippen molar-refractivity contribution < 1.29 is 24.4 Å². The summed E-state index contributed by atoms with van der Waals surface area (Å²) in [6.07, 6.45) is -0.517. The molecule has 5 rings (SSSR count). The Morgan fingerprint density at radius 3 is 2.09 bits per heavy atom. The van der Waals surface area contributed by atoms with Crippen molar-refractivity contribution >= 4 is 0 Å². The highest BCUT2D eigenvalue weighted by molar-refractivity contribution is 5.19. The summed E-state index contributed by atoms with van der Waals surface area (Å²) >= 11 is 0. The molecule has 0 spiro atoms. The highest BCUT2D eigenvalue weighted by atomic mass is 16.6. The number of benzene rings is 2. The lowest BCUT2D eigenvalue weighted by Crippen LogP contribution is -2.60. The van der Waals surface area contributed by atoms with E-state index in [0.717, 1.165) is 11.1 Å². The second-order valence-corrected chi connectivity index (χ2v) is 9.88. The maximum atomic E-state index is 10.9. The fourth-order valence-electron chi connectivity index (χ4n) is 6.45. The zero-order valence-corrected chi connectivity index (χ0v) is 18.8. The van der Waals surface area contributed by atoms with E-state index in [1.54, 1.807) is 6.92 Å². The lowest BCUT2D eigenvalue weighted by atomic mass is 9.59. The molecule has 3 aliphatic rings. The fraction of sp³-hybridized carbons (Fsp3) is 0.556. The maximum absolute atomic E-state index is 10.9. The van der Waals surface area contributed by atoms with Crippen LogP contribution in [0.4, 0.5) is 0 Å². The van der Waals surface area contributed by atoms with Crippen LogP contribution in [0.15, 0.2) is 60.7 Å². The molecular formula is C27H34O5. The molecule has 1 heterocycles. The lowest BCUT2D eigenvalue weighted by Gasteiger charge is -2.50. The van der Waals surface area contributed by atoms with Gasteiger partial charge in [-0.1, -0.05) is 67.6 Å². The second kappa shape index (κ2) is 8.88. The predicted molar refractivity (Wildman–Crippen MR) is 121 cm³/mol. The summed E-state index contributed by atoms with van der Waals surface area (Å²) in [4.78, 5) is 0. The van der Waals surface area contributed by atoms with Gasteiger partial charge in [0.15, 0.2) is 0 Å². The summed E-state index contributed by atoms with van der Waals surface area (Å²) in [5, 5.41) is 21.5. The van der Waals surface area contributed by atoms with Gasteiger partial charge in [-0.25, -0.2) is 0 Å². The molecule has 2 N–H and O–H groups in total. The molecule has 2 aliphatic carbocycles. The maximum Gasteiger partial charge on any atom is 0.102 e. The van der Waals surface area contributed by atoms with Crippen LogP contribution in [0.1, 0.15) is 37.8 Å². The van der Waals surface area contributed by atoms with Crippen LogP contribution in [0.3, 0.4) is 0 Å². The average molecular weight is 439 g/mol. The van der Waals surface area contributed by atoms with Gasteiger partial charge in [0.1, 0.15) is 5.60 Å². The number of aliphatic hydroxyl groups is 2. The van der Waals surface area contributed by atoms with E-state index in [9.17, 15) is 10.2 Å². The molecule has 0 amide bonds. The van der Waals surface area contributed by atoms with Gasteiger partial charge in [0.25, 0.3) is 0 Å². The Bertz CT molecular complexity index is 887. The van der Waals surface area contributed by atoms with Gasteiger partial charge in [-0.3, -0.25) is 0 Å². The Balaban J connectivity index is 1.44. The molecule has 1 aliphatic heterocycles. The molecule has 5 nitrogen and oxygen atoms in total. The molecule has 1 saturated heterocycles. The molecule has 32 heavy (non-hydrogen) atoms. The van der Waals surface area contributed by atoms with Crippen LogP contribution in [-0.2, 0) is 27.4 Å². The minimum atomic E-state index is -0.798. The first-order valence-corrected chi connectivity index (χ1v) is 11.8. The summed E-state index contributed by atoms with van der Waals surface area (Å²) in [6.45, 7) is 4.98. The summed E-state index contributed by atoms with van der Waals surface area (Å²) < 4.78 is 19.7. The van der Waals surface area contributed by atoms with Crippen LogP contribution < -0.4 is 0 Å². The molecule has 2 saturated carbocycles. The van der Waals surface area contributed by atoms with Gasteiger partial charge in [0.2, 0.25) is 0 Å². The Morgan fingerprint density at radius 2 is 1.53 bits per heavy atom. The van der Waals surface area contributed by atoms with Crippen molar-refractivity contribution in [1.82, 2.24) is 0 Å². The highest BCUT2D eigenvalue weighted by Crippen LogP contribution is 2.59. The van der Waals surface area contributed by atoms with Gasteiger partial charge in [0.05, 0.1) is 43.7 Å². The number of ether oxygens (including phenoxy) is 3. The zero-order valence-electron chi connectivity index (χ0n) is 18.8. The quantitative estimate of drug-likeness (QED) is 0.690. The van der Waals surface area contributed by atoms with Crippen molar-refractivity contribution in [1.29, 1.82) is 0 Å². The van der Waals surface area contributed by atoms with E-state index >= 15 is 0 Å². The van der Waals surface area contributed by atoms with E-state index in [1.807, 2.05) is 36.4 Å². The lowest BCUT2D eigenvalue weighted by molar-refractivity contribution is -0.167. The Kier molecular flexibility index (Phi) is 6.12. The standard InChI is InChI=1S/C27H34O5/c1-17-24(30-15-19-9-5-3-6-10-19)23-22-13-21(29)14-27(23,18(2)28)32-26(22)25(17)31-16-20-11-7-4-8-12-20/h3-12,17-18,21-26,28-29H,13-16H2,1-2H3/t17-,18+,21+,22-,23+,24-,25-,26+,27-/m1/s1. The van der Waals surface area contributed by atoms with Crippen LogP contribution in [0, 0.1) is 17.8 Å². The third-order valence-corrected chi connectivity index (χ3v) is 7.89. The summed E-state index contributed by atoms with van der Waals surface area (Å²) in [7, 11) is 0. The molecule has 0 unspecified atom stereocenters. The van der Waals surface area contributed by atoms with Crippen molar-refractivity contribution in [2.45, 2.75) is 76.0 Å². The van der Waals surface area contributed by atoms with Crippen LogP contribution >= 0.6 is 0 Å². The molecule has 5 heteroatoms. The first kappa shape index (κ1) is 22.1. The van der Waals surface area contributed by atoms with Crippen molar-refractivity contribution in [3.05, 3.63) is 71.8 Å². The first-order chi connectivity index (χ1) is 15.5. The van der Waals surface area contributed by atoms with Crippen LogP contribution in [-0.4, -0.2) is 46.3 Å². The minimum absolute atomic E-state index is 0.0335. The monoisotopic (exact) mass is 438 g/mol. The van der Waals surface area contributed by atoms with Gasteiger partial charge in [-0.2, -0.15) is 0 Å². The normalized spacial score (nSPS) is 39.1. The third kappa shape index (κ3) is 3.80. The van der Waals surface area contributed by atoms with Crippen molar-refractivity contribution in [2.24, 2.45) is 17.8 Å². The highest BCUT2D eigenvalue weighted by Gasteiger charge is 2.69. The van der Waals surface area contributed by atoms with E-state index in [0.29, 0.717) is 26.1 Å². The molecule has 3 fully saturated rings. The minimum Gasteiger partial charge on any atom is -0.393 e. The zero-order chi connectivity index (χ0) is 22.3. The Hall–Kier alpha value is -1.76. The summed E-state index contributed by atoms with van der Waals surface area (Å²) in [5.41, 5.74) is 1.45. The van der Waals surface area contributed by atoms with E-state index in [-0.39, 0.29) is 36.1 Å². The van der Waals surface area contributed by atoms with Gasteiger partial charge in [-0.05, 0) is 30.4 Å². The fourth-order valence-corrected chi connectivity index (χ4v) is 6.45.